The number of rotatable bonds is 4. The summed E-state index contributed by atoms with van der Waals surface area (Å²) in [6.07, 6.45) is 3.36. The fraction of sp³-hybridized carbons (Fsp3) is 0.933. The monoisotopic (exact) mass is 267 g/mol. The van der Waals surface area contributed by atoms with Crippen LogP contribution in [0, 0.1) is 11.8 Å². The van der Waals surface area contributed by atoms with Crippen LogP contribution in [0.3, 0.4) is 0 Å². The fourth-order valence-electron chi connectivity index (χ4n) is 3.08. The molecular weight excluding hydrogens is 238 g/mol. The number of carbonyl (C=O) groups is 1. The zero-order valence-electron chi connectivity index (χ0n) is 12.7. The molecule has 2 aliphatic rings. The maximum Gasteiger partial charge on any atom is 0.227 e. The highest BCUT2D eigenvalue weighted by Gasteiger charge is 2.30. The SMILES string of the molecule is CC(C)N(C)CC1CCN(C(=O)C2CCNC2)CC1. The lowest BCUT2D eigenvalue weighted by atomic mass is 9.94. The lowest BCUT2D eigenvalue weighted by molar-refractivity contribution is -0.136. The number of carbonyl (C=O) groups excluding carboxylic acids is 1. The van der Waals surface area contributed by atoms with E-state index in [1.165, 1.54) is 19.4 Å². The molecule has 1 N–H and O–H groups in total. The van der Waals surface area contributed by atoms with Crippen LogP contribution in [0.1, 0.15) is 33.1 Å². The number of amides is 1. The van der Waals surface area contributed by atoms with Gasteiger partial charge < -0.3 is 15.1 Å². The van der Waals surface area contributed by atoms with Crippen molar-refractivity contribution < 1.29 is 4.79 Å². The van der Waals surface area contributed by atoms with E-state index in [1.807, 2.05) is 0 Å². The predicted molar refractivity (Wildman–Crippen MR) is 78.0 cm³/mol. The topological polar surface area (TPSA) is 35.6 Å². The first-order valence-electron chi connectivity index (χ1n) is 7.77. The van der Waals surface area contributed by atoms with Crippen LogP contribution >= 0.6 is 0 Å². The minimum Gasteiger partial charge on any atom is -0.342 e. The smallest absolute Gasteiger partial charge is 0.227 e. The molecule has 0 aromatic heterocycles. The lowest BCUT2D eigenvalue weighted by Gasteiger charge is -2.35. The molecule has 2 fully saturated rings. The summed E-state index contributed by atoms with van der Waals surface area (Å²) < 4.78 is 0. The van der Waals surface area contributed by atoms with E-state index in [1.54, 1.807) is 0 Å². The molecule has 110 valence electrons. The Labute approximate surface area is 117 Å². The van der Waals surface area contributed by atoms with Crippen LogP contribution in [0.25, 0.3) is 0 Å². The van der Waals surface area contributed by atoms with Crippen LogP contribution in [-0.4, -0.2) is 61.5 Å². The van der Waals surface area contributed by atoms with Gasteiger partial charge >= 0.3 is 0 Å². The third-order valence-electron chi connectivity index (χ3n) is 4.76. The molecule has 4 heteroatoms. The van der Waals surface area contributed by atoms with Crippen molar-refractivity contribution in [2.75, 3.05) is 39.8 Å². The fourth-order valence-corrected chi connectivity index (χ4v) is 3.08. The molecule has 1 atom stereocenters. The Kier molecular flexibility index (Phi) is 5.22. The highest BCUT2D eigenvalue weighted by molar-refractivity contribution is 5.79. The second kappa shape index (κ2) is 6.71. The van der Waals surface area contributed by atoms with Crippen LogP contribution in [-0.2, 0) is 4.79 Å². The van der Waals surface area contributed by atoms with Gasteiger partial charge in [-0.05, 0) is 52.6 Å². The molecule has 4 nitrogen and oxygen atoms in total. The summed E-state index contributed by atoms with van der Waals surface area (Å²) in [5, 5.41) is 3.29. The first-order valence-corrected chi connectivity index (χ1v) is 7.77. The average Bonchev–Trinajstić information content (AvgIpc) is 2.92. The molecule has 0 aromatic rings. The van der Waals surface area contributed by atoms with Crippen molar-refractivity contribution in [2.24, 2.45) is 11.8 Å². The summed E-state index contributed by atoms with van der Waals surface area (Å²) in [5.41, 5.74) is 0. The van der Waals surface area contributed by atoms with Crippen LogP contribution < -0.4 is 5.32 Å². The van der Waals surface area contributed by atoms with E-state index in [0.717, 1.165) is 38.5 Å². The Balaban J connectivity index is 1.74. The van der Waals surface area contributed by atoms with E-state index >= 15 is 0 Å². The summed E-state index contributed by atoms with van der Waals surface area (Å²) in [4.78, 5) is 16.8. The van der Waals surface area contributed by atoms with Crippen molar-refractivity contribution in [1.82, 2.24) is 15.1 Å². The normalized spacial score (nSPS) is 25.5. The second-order valence-electron chi connectivity index (χ2n) is 6.49. The zero-order chi connectivity index (χ0) is 13.8. The molecule has 0 aliphatic carbocycles. The van der Waals surface area contributed by atoms with Gasteiger partial charge in [-0.3, -0.25) is 4.79 Å². The molecule has 2 aliphatic heterocycles. The molecule has 19 heavy (non-hydrogen) atoms. The molecule has 0 bridgehead atoms. The Morgan fingerprint density at radius 1 is 1.32 bits per heavy atom. The highest BCUT2D eigenvalue weighted by atomic mass is 16.2. The van der Waals surface area contributed by atoms with Gasteiger partial charge in [0.25, 0.3) is 0 Å². The number of piperidine rings is 1. The number of hydrogen-bond donors (Lipinski definition) is 1. The second-order valence-corrected chi connectivity index (χ2v) is 6.49. The van der Waals surface area contributed by atoms with E-state index in [9.17, 15) is 4.79 Å². The quantitative estimate of drug-likeness (QED) is 0.831. The van der Waals surface area contributed by atoms with Gasteiger partial charge in [0.15, 0.2) is 0 Å². The van der Waals surface area contributed by atoms with Gasteiger partial charge in [0, 0.05) is 32.2 Å². The molecule has 2 heterocycles. The third-order valence-corrected chi connectivity index (χ3v) is 4.76. The Bertz CT molecular complexity index is 292. The Hall–Kier alpha value is -0.610. The Morgan fingerprint density at radius 3 is 2.53 bits per heavy atom. The standard InChI is InChI=1S/C15H29N3O/c1-12(2)17(3)11-13-5-8-18(9-6-13)15(19)14-4-7-16-10-14/h12-14,16H,4-11H2,1-3H3. The summed E-state index contributed by atoms with van der Waals surface area (Å²) in [7, 11) is 2.20. The summed E-state index contributed by atoms with van der Waals surface area (Å²) in [5.74, 6) is 1.40. The molecule has 1 amide bonds. The van der Waals surface area contributed by atoms with Gasteiger partial charge in [-0.1, -0.05) is 0 Å². The van der Waals surface area contributed by atoms with E-state index in [-0.39, 0.29) is 5.92 Å². The summed E-state index contributed by atoms with van der Waals surface area (Å²) in [6.45, 7) is 9.47. The van der Waals surface area contributed by atoms with Crippen molar-refractivity contribution in [3.63, 3.8) is 0 Å². The molecule has 2 rings (SSSR count). The van der Waals surface area contributed by atoms with Gasteiger partial charge in [0.05, 0.1) is 5.92 Å². The van der Waals surface area contributed by atoms with Crippen molar-refractivity contribution in [3.05, 3.63) is 0 Å². The largest absolute Gasteiger partial charge is 0.342 e. The molecule has 0 saturated carbocycles. The van der Waals surface area contributed by atoms with Crippen molar-refractivity contribution in [3.8, 4) is 0 Å². The van der Waals surface area contributed by atoms with E-state index < -0.39 is 0 Å². The lowest BCUT2D eigenvalue weighted by Crippen LogP contribution is -2.44. The Morgan fingerprint density at radius 2 is 2.00 bits per heavy atom. The number of hydrogen-bond acceptors (Lipinski definition) is 3. The first-order chi connectivity index (χ1) is 9.08. The van der Waals surface area contributed by atoms with Crippen molar-refractivity contribution in [1.29, 1.82) is 0 Å². The number of likely N-dealkylation sites (tertiary alicyclic amines) is 1. The van der Waals surface area contributed by atoms with E-state index in [0.29, 0.717) is 11.9 Å². The molecule has 1 unspecified atom stereocenters. The molecule has 0 aromatic carbocycles. The minimum atomic E-state index is 0.245. The van der Waals surface area contributed by atoms with E-state index in [2.05, 4.69) is 36.0 Å². The van der Waals surface area contributed by atoms with Gasteiger partial charge in [-0.25, -0.2) is 0 Å². The number of nitrogens with one attached hydrogen (secondary N) is 1. The first kappa shape index (κ1) is 14.8. The molecule has 2 saturated heterocycles. The van der Waals surface area contributed by atoms with Gasteiger partial charge in [0.2, 0.25) is 5.91 Å². The van der Waals surface area contributed by atoms with Crippen molar-refractivity contribution >= 4 is 5.91 Å². The van der Waals surface area contributed by atoms with Gasteiger partial charge in [-0.15, -0.1) is 0 Å². The van der Waals surface area contributed by atoms with Crippen LogP contribution in [0.2, 0.25) is 0 Å². The summed E-state index contributed by atoms with van der Waals surface area (Å²) >= 11 is 0. The summed E-state index contributed by atoms with van der Waals surface area (Å²) in [6, 6.07) is 0.615. The molecule has 0 radical (unpaired) electrons. The third kappa shape index (κ3) is 3.93. The van der Waals surface area contributed by atoms with Crippen LogP contribution in [0.5, 0.6) is 0 Å². The average molecular weight is 267 g/mol. The highest BCUT2D eigenvalue weighted by Crippen LogP contribution is 2.21. The number of nitrogens with zero attached hydrogens (tertiary/aromatic N) is 2. The zero-order valence-corrected chi connectivity index (χ0v) is 12.7. The minimum absolute atomic E-state index is 0.245. The van der Waals surface area contributed by atoms with E-state index in [4.69, 9.17) is 0 Å². The maximum atomic E-state index is 12.3. The molecule has 0 spiro atoms. The predicted octanol–water partition coefficient (Wildman–Crippen LogP) is 1.17. The van der Waals surface area contributed by atoms with Crippen molar-refractivity contribution in [2.45, 2.75) is 39.2 Å². The maximum absolute atomic E-state index is 12.3. The van der Waals surface area contributed by atoms with Gasteiger partial charge in [-0.2, -0.15) is 0 Å². The van der Waals surface area contributed by atoms with Crippen LogP contribution in [0.4, 0.5) is 0 Å². The molecular formula is C15H29N3O. The van der Waals surface area contributed by atoms with Crippen LogP contribution in [0.15, 0.2) is 0 Å². The van der Waals surface area contributed by atoms with Gasteiger partial charge in [0.1, 0.15) is 0 Å².